The molecule has 0 spiro atoms. The van der Waals surface area contributed by atoms with Gasteiger partial charge in [0.2, 0.25) is 5.91 Å². The van der Waals surface area contributed by atoms with Crippen molar-refractivity contribution >= 4 is 11.8 Å². The van der Waals surface area contributed by atoms with E-state index in [9.17, 15) is 9.59 Å². The summed E-state index contributed by atoms with van der Waals surface area (Å²) in [6.45, 7) is 2.95. The Morgan fingerprint density at radius 1 is 1.04 bits per heavy atom. The topological polar surface area (TPSA) is 72.6 Å². The van der Waals surface area contributed by atoms with Gasteiger partial charge in [0.05, 0.1) is 18.8 Å². The van der Waals surface area contributed by atoms with Gasteiger partial charge < -0.3 is 15.4 Å². The Hall–Kier alpha value is -2.66. The number of rotatable bonds is 3. The highest BCUT2D eigenvalue weighted by Crippen LogP contribution is 2.27. The van der Waals surface area contributed by atoms with Gasteiger partial charge in [-0.05, 0) is 36.8 Å². The monoisotopic (exact) mass is 324 g/mol. The first-order chi connectivity index (χ1) is 11.6. The highest BCUT2D eigenvalue weighted by molar-refractivity contribution is 5.97. The van der Waals surface area contributed by atoms with Crippen molar-refractivity contribution in [3.8, 4) is 0 Å². The first-order valence-electron chi connectivity index (χ1n) is 7.93. The number of carbonyl (C=O) groups excluding carboxylic acids is 2. The zero-order valence-corrected chi connectivity index (χ0v) is 13.5. The van der Waals surface area contributed by atoms with Crippen LogP contribution in [0.15, 0.2) is 54.6 Å². The van der Waals surface area contributed by atoms with E-state index in [4.69, 9.17) is 10.5 Å². The van der Waals surface area contributed by atoms with Crippen LogP contribution in [0.4, 0.5) is 0 Å². The summed E-state index contributed by atoms with van der Waals surface area (Å²) in [7, 11) is 0. The second-order valence-corrected chi connectivity index (χ2v) is 5.97. The minimum atomic E-state index is -0.504. The van der Waals surface area contributed by atoms with Crippen molar-refractivity contribution in [2.45, 2.75) is 19.1 Å². The smallest absolute Gasteiger partial charge is 0.254 e. The van der Waals surface area contributed by atoms with Gasteiger partial charge in [-0.2, -0.15) is 0 Å². The van der Waals surface area contributed by atoms with Gasteiger partial charge in [-0.15, -0.1) is 0 Å². The first kappa shape index (κ1) is 16.2. The Labute approximate surface area is 141 Å². The molecular weight excluding hydrogens is 304 g/mol. The molecule has 124 valence electrons. The maximum atomic E-state index is 13.0. The molecule has 2 atom stereocenters. The highest BCUT2D eigenvalue weighted by atomic mass is 16.5. The fourth-order valence-corrected chi connectivity index (χ4v) is 2.92. The molecular formula is C19H20N2O3. The van der Waals surface area contributed by atoms with Crippen LogP contribution in [0.25, 0.3) is 0 Å². The van der Waals surface area contributed by atoms with Crippen molar-refractivity contribution in [1.82, 2.24) is 4.90 Å². The third-order valence-corrected chi connectivity index (χ3v) is 4.23. The third-order valence-electron chi connectivity index (χ3n) is 4.23. The highest BCUT2D eigenvalue weighted by Gasteiger charge is 2.32. The second kappa shape index (κ2) is 6.84. The van der Waals surface area contributed by atoms with Gasteiger partial charge >= 0.3 is 0 Å². The molecule has 0 saturated carbocycles. The lowest BCUT2D eigenvalue weighted by molar-refractivity contribution is -0.0447. The standard InChI is InChI=1S/C19H20N2O3/c1-13-11-21(17(12-24-13)14-5-3-2-4-6-14)19(23)16-9-7-15(8-10-16)18(20)22/h2-10,13,17H,11-12H2,1H3,(H2,20,22). The van der Waals surface area contributed by atoms with Crippen LogP contribution in [-0.2, 0) is 4.74 Å². The molecule has 2 N–H and O–H groups in total. The van der Waals surface area contributed by atoms with Gasteiger partial charge in [-0.1, -0.05) is 30.3 Å². The predicted molar refractivity (Wildman–Crippen MR) is 90.6 cm³/mol. The van der Waals surface area contributed by atoms with Crippen molar-refractivity contribution < 1.29 is 14.3 Å². The number of hydrogen-bond acceptors (Lipinski definition) is 3. The zero-order valence-electron chi connectivity index (χ0n) is 13.5. The molecule has 0 aromatic heterocycles. The van der Waals surface area contributed by atoms with Crippen LogP contribution in [0, 0.1) is 0 Å². The number of ether oxygens (including phenoxy) is 1. The molecule has 1 heterocycles. The lowest BCUT2D eigenvalue weighted by Crippen LogP contribution is -2.46. The van der Waals surface area contributed by atoms with Crippen molar-refractivity contribution in [3.63, 3.8) is 0 Å². The Balaban J connectivity index is 1.88. The van der Waals surface area contributed by atoms with E-state index in [0.29, 0.717) is 24.3 Å². The van der Waals surface area contributed by atoms with E-state index in [-0.39, 0.29) is 18.1 Å². The number of carbonyl (C=O) groups is 2. The maximum Gasteiger partial charge on any atom is 0.254 e. The molecule has 5 nitrogen and oxygen atoms in total. The van der Waals surface area contributed by atoms with Gasteiger partial charge in [0, 0.05) is 17.7 Å². The lowest BCUT2D eigenvalue weighted by atomic mass is 10.0. The Kier molecular flexibility index (Phi) is 4.62. The molecule has 2 aromatic rings. The minimum absolute atomic E-state index is 0.0150. The van der Waals surface area contributed by atoms with Crippen molar-refractivity contribution in [2.75, 3.05) is 13.2 Å². The van der Waals surface area contributed by atoms with Crippen LogP contribution in [-0.4, -0.2) is 36.0 Å². The van der Waals surface area contributed by atoms with Crippen LogP contribution in [0.3, 0.4) is 0 Å². The number of amides is 2. The van der Waals surface area contributed by atoms with Gasteiger partial charge in [0.25, 0.3) is 5.91 Å². The molecule has 24 heavy (non-hydrogen) atoms. The van der Waals surface area contributed by atoms with Gasteiger partial charge in [-0.3, -0.25) is 9.59 Å². The van der Waals surface area contributed by atoms with Crippen LogP contribution in [0.2, 0.25) is 0 Å². The minimum Gasteiger partial charge on any atom is -0.374 e. The van der Waals surface area contributed by atoms with Gasteiger partial charge in [0.15, 0.2) is 0 Å². The summed E-state index contributed by atoms with van der Waals surface area (Å²) in [6.07, 6.45) is -0.0150. The first-order valence-corrected chi connectivity index (χ1v) is 7.93. The quantitative estimate of drug-likeness (QED) is 0.942. The molecule has 0 radical (unpaired) electrons. The number of primary amides is 1. The molecule has 5 heteroatoms. The second-order valence-electron chi connectivity index (χ2n) is 5.97. The largest absolute Gasteiger partial charge is 0.374 e. The van der Waals surface area contributed by atoms with E-state index in [1.54, 1.807) is 24.3 Å². The van der Waals surface area contributed by atoms with Crippen LogP contribution in [0.5, 0.6) is 0 Å². The normalized spacial score (nSPS) is 20.6. The number of nitrogens with two attached hydrogens (primary N) is 1. The molecule has 1 aliphatic rings. The van der Waals surface area contributed by atoms with Crippen molar-refractivity contribution in [1.29, 1.82) is 0 Å². The van der Waals surface area contributed by atoms with Crippen molar-refractivity contribution in [2.24, 2.45) is 5.73 Å². The molecule has 1 saturated heterocycles. The molecule has 0 bridgehead atoms. The summed E-state index contributed by atoms with van der Waals surface area (Å²) in [5.41, 5.74) is 7.22. The molecule has 3 rings (SSSR count). The van der Waals surface area contributed by atoms with E-state index in [2.05, 4.69) is 0 Å². The van der Waals surface area contributed by atoms with Gasteiger partial charge in [0.1, 0.15) is 0 Å². The summed E-state index contributed by atoms with van der Waals surface area (Å²) in [4.78, 5) is 26.0. The molecule has 2 amide bonds. The SMILES string of the molecule is CC1CN(C(=O)c2ccc(C(N)=O)cc2)C(c2ccccc2)CO1. The lowest BCUT2D eigenvalue weighted by Gasteiger charge is -2.39. The number of benzene rings is 2. The third kappa shape index (κ3) is 3.31. The van der Waals surface area contributed by atoms with Crippen molar-refractivity contribution in [3.05, 3.63) is 71.3 Å². The summed E-state index contributed by atoms with van der Waals surface area (Å²) < 4.78 is 5.76. The van der Waals surface area contributed by atoms with E-state index in [1.807, 2.05) is 42.2 Å². The van der Waals surface area contributed by atoms with E-state index >= 15 is 0 Å². The molecule has 1 fully saturated rings. The summed E-state index contributed by atoms with van der Waals surface area (Å²) in [6, 6.07) is 16.2. The van der Waals surface area contributed by atoms with Gasteiger partial charge in [-0.25, -0.2) is 0 Å². The summed E-state index contributed by atoms with van der Waals surface area (Å²) in [5.74, 6) is -0.578. The Morgan fingerprint density at radius 3 is 2.29 bits per heavy atom. The van der Waals surface area contributed by atoms with Crippen LogP contribution in [0.1, 0.15) is 39.2 Å². The zero-order chi connectivity index (χ0) is 17.1. The number of hydrogen-bond donors (Lipinski definition) is 1. The van der Waals surface area contributed by atoms with Crippen LogP contribution < -0.4 is 5.73 Å². The average Bonchev–Trinajstić information content (AvgIpc) is 2.62. The average molecular weight is 324 g/mol. The van der Waals surface area contributed by atoms with Crippen LogP contribution >= 0.6 is 0 Å². The molecule has 1 aliphatic heterocycles. The predicted octanol–water partition coefficient (Wildman–Crippen LogP) is 2.39. The van der Waals surface area contributed by atoms with E-state index in [0.717, 1.165) is 5.56 Å². The Morgan fingerprint density at radius 2 is 1.67 bits per heavy atom. The fourth-order valence-electron chi connectivity index (χ4n) is 2.92. The fraction of sp³-hybridized carbons (Fsp3) is 0.263. The molecule has 2 aromatic carbocycles. The number of morpholine rings is 1. The maximum absolute atomic E-state index is 13.0. The molecule has 2 unspecified atom stereocenters. The van der Waals surface area contributed by atoms with E-state index in [1.165, 1.54) is 0 Å². The summed E-state index contributed by atoms with van der Waals surface area (Å²) in [5, 5.41) is 0. The Bertz CT molecular complexity index is 728. The number of nitrogens with zero attached hydrogens (tertiary/aromatic N) is 1. The summed E-state index contributed by atoms with van der Waals surface area (Å²) >= 11 is 0. The van der Waals surface area contributed by atoms with E-state index < -0.39 is 5.91 Å². The molecule has 0 aliphatic carbocycles.